The number of aromatic carboxylic acids is 1. The lowest BCUT2D eigenvalue weighted by molar-refractivity contribution is 0.0695. The van der Waals surface area contributed by atoms with Crippen LogP contribution in [0.5, 0.6) is 0 Å². The van der Waals surface area contributed by atoms with Crippen LogP contribution in [0.4, 0.5) is 17.6 Å². The normalized spacial score (nSPS) is 14.3. The van der Waals surface area contributed by atoms with Gasteiger partial charge in [0.15, 0.2) is 4.90 Å². The summed E-state index contributed by atoms with van der Waals surface area (Å²) in [5, 5.41) is 8.74. The van der Waals surface area contributed by atoms with Gasteiger partial charge in [-0.1, -0.05) is 9.24 Å². The van der Waals surface area contributed by atoms with Crippen LogP contribution in [0.2, 0.25) is 0 Å². The summed E-state index contributed by atoms with van der Waals surface area (Å²) in [5.41, 5.74) is -4.98. The van der Waals surface area contributed by atoms with Crippen molar-refractivity contribution in [1.29, 1.82) is 0 Å². The predicted octanol–water partition coefficient (Wildman–Crippen LogP) is 2.84. The minimum Gasteiger partial charge on any atom is -0.606 e. The van der Waals surface area contributed by atoms with Crippen molar-refractivity contribution < 1.29 is 32.0 Å². The lowest BCUT2D eigenvalue weighted by Crippen LogP contribution is -2.22. The van der Waals surface area contributed by atoms with Crippen molar-refractivity contribution in [3.63, 3.8) is 0 Å². The Bertz CT molecular complexity index is 501. The molecule has 0 aliphatic rings. The first-order valence-corrected chi connectivity index (χ1v) is 6.87. The average Bonchev–Trinajstić information content (AvgIpc) is 2.24. The Morgan fingerprint density at radius 2 is 1.74 bits per heavy atom. The van der Waals surface area contributed by atoms with Crippen molar-refractivity contribution in [3.8, 4) is 0 Å². The summed E-state index contributed by atoms with van der Waals surface area (Å²) in [6.07, 6.45) is 0. The number of halogens is 4. The Kier molecular flexibility index (Phi) is 4.84. The van der Waals surface area contributed by atoms with Crippen LogP contribution in [0, 0.1) is 0 Å². The largest absolute Gasteiger partial charge is 0.606 e. The van der Waals surface area contributed by atoms with Crippen LogP contribution in [-0.2, 0) is 16.8 Å². The molecule has 0 saturated heterocycles. The van der Waals surface area contributed by atoms with Gasteiger partial charge in [-0.2, -0.15) is 17.6 Å². The summed E-state index contributed by atoms with van der Waals surface area (Å²) >= 11 is -2.95. The van der Waals surface area contributed by atoms with Crippen molar-refractivity contribution in [2.75, 3.05) is 0 Å². The number of hydrogen-bond acceptors (Lipinski definition) is 2. The van der Waals surface area contributed by atoms with E-state index in [9.17, 15) is 26.9 Å². The van der Waals surface area contributed by atoms with Gasteiger partial charge >= 0.3 is 11.0 Å². The highest BCUT2D eigenvalue weighted by atomic mass is 32.2. The van der Waals surface area contributed by atoms with Gasteiger partial charge in [-0.3, -0.25) is 0 Å². The minimum atomic E-state index is -3.75. The van der Waals surface area contributed by atoms with Gasteiger partial charge in [-0.25, -0.2) is 4.79 Å². The number of hydrogen-bond donors (Lipinski definition) is 1. The lowest BCUT2D eigenvalue weighted by Gasteiger charge is -2.18. The monoisotopic (exact) mass is 334 g/mol. The highest BCUT2D eigenvalue weighted by Gasteiger charge is 2.40. The Balaban J connectivity index is 3.41. The summed E-state index contributed by atoms with van der Waals surface area (Å²) in [6.45, 7) is 0. The van der Waals surface area contributed by atoms with Crippen molar-refractivity contribution in [1.82, 2.24) is 0 Å². The van der Waals surface area contributed by atoms with Gasteiger partial charge in [0.05, 0.1) is 16.7 Å². The molecule has 1 N–H and O–H groups in total. The van der Waals surface area contributed by atoms with E-state index in [1.807, 2.05) is 0 Å². The van der Waals surface area contributed by atoms with Gasteiger partial charge < -0.3 is 9.66 Å². The molecular formula is C9H8F4O3P2S. The summed E-state index contributed by atoms with van der Waals surface area (Å²) in [7, 11) is 2.17. The molecule has 3 unspecified atom stereocenters. The Morgan fingerprint density at radius 3 is 2.11 bits per heavy atom. The molecule has 1 aromatic rings. The first-order valence-electron chi connectivity index (χ1n) is 4.57. The Labute approximate surface area is 113 Å². The minimum absolute atomic E-state index is 0.591. The van der Waals surface area contributed by atoms with E-state index in [2.05, 4.69) is 0 Å². The van der Waals surface area contributed by atoms with Gasteiger partial charge in [0, 0.05) is 17.7 Å². The van der Waals surface area contributed by atoms with Gasteiger partial charge in [0.1, 0.15) is 0 Å². The van der Waals surface area contributed by atoms with Crippen LogP contribution in [-0.4, -0.2) is 20.6 Å². The molecule has 0 saturated carbocycles. The summed E-state index contributed by atoms with van der Waals surface area (Å²) in [4.78, 5) is 6.33. The lowest BCUT2D eigenvalue weighted by atomic mass is 10.1. The molecule has 0 amide bonds. The van der Waals surface area contributed by atoms with E-state index < -0.39 is 43.8 Å². The highest BCUT2D eigenvalue weighted by Crippen LogP contribution is 2.40. The van der Waals surface area contributed by atoms with Crippen LogP contribution < -0.4 is 0 Å². The third-order valence-electron chi connectivity index (χ3n) is 2.00. The molecule has 0 aliphatic carbocycles. The second-order valence-corrected chi connectivity index (χ2v) is 6.93. The summed E-state index contributed by atoms with van der Waals surface area (Å²) in [5.74, 6) is -1.58. The summed E-state index contributed by atoms with van der Waals surface area (Å²) in [6, 6.07) is 1.90. The predicted molar refractivity (Wildman–Crippen MR) is 68.1 cm³/mol. The fourth-order valence-electron chi connectivity index (χ4n) is 1.18. The second-order valence-electron chi connectivity index (χ2n) is 3.50. The van der Waals surface area contributed by atoms with Crippen molar-refractivity contribution in [3.05, 3.63) is 29.3 Å². The number of rotatable bonds is 4. The van der Waals surface area contributed by atoms with Crippen molar-refractivity contribution in [2.24, 2.45) is 0 Å². The second kappa shape index (κ2) is 5.52. The van der Waals surface area contributed by atoms with Gasteiger partial charge in [0.2, 0.25) is 0 Å². The molecule has 0 aromatic heterocycles. The van der Waals surface area contributed by atoms with E-state index in [1.165, 1.54) is 0 Å². The molecule has 0 spiro atoms. The van der Waals surface area contributed by atoms with Gasteiger partial charge in [-0.15, -0.1) is 0 Å². The number of carbonyl (C=O) groups is 1. The maximum Gasteiger partial charge on any atom is 0.420 e. The summed E-state index contributed by atoms with van der Waals surface area (Å²) < 4.78 is 63.4. The van der Waals surface area contributed by atoms with E-state index >= 15 is 0 Å². The van der Waals surface area contributed by atoms with E-state index in [1.54, 1.807) is 0 Å². The van der Waals surface area contributed by atoms with Gasteiger partial charge in [0.25, 0.3) is 5.66 Å². The van der Waals surface area contributed by atoms with Crippen LogP contribution >= 0.6 is 18.5 Å². The quantitative estimate of drug-likeness (QED) is 0.523. The van der Waals surface area contributed by atoms with Crippen LogP contribution in [0.3, 0.4) is 0 Å². The molecule has 0 radical (unpaired) electrons. The number of carboxylic acids is 1. The van der Waals surface area contributed by atoms with Gasteiger partial charge in [-0.05, 0) is 15.3 Å². The van der Waals surface area contributed by atoms with E-state index in [0.717, 1.165) is 18.5 Å². The maximum absolute atomic E-state index is 13.1. The smallest absolute Gasteiger partial charge is 0.420 e. The number of alkyl halides is 4. The Hall–Kier alpha value is -0.420. The van der Waals surface area contributed by atoms with Crippen LogP contribution in [0.15, 0.2) is 23.1 Å². The highest BCUT2D eigenvalue weighted by molar-refractivity contribution is 7.96. The van der Waals surface area contributed by atoms with Crippen molar-refractivity contribution in [2.45, 2.75) is 15.6 Å². The molecule has 0 aliphatic heterocycles. The maximum atomic E-state index is 13.1. The molecule has 0 bridgehead atoms. The molecule has 3 nitrogen and oxygen atoms in total. The molecule has 0 fully saturated rings. The molecule has 19 heavy (non-hydrogen) atoms. The molecule has 3 atom stereocenters. The molecule has 0 heterocycles. The first kappa shape index (κ1) is 16.6. The number of carboxylic acid groups (broad SMARTS) is 1. The molecule has 10 heteroatoms. The SMILES string of the molecule is O=C(O)c1cc([S+]([O-])C(F)(F)P)cc(C(F)(F)P)c1. The van der Waals surface area contributed by atoms with Crippen LogP contribution in [0.1, 0.15) is 15.9 Å². The van der Waals surface area contributed by atoms with E-state index in [4.69, 9.17) is 5.11 Å². The molecule has 1 rings (SSSR count). The molecule has 1 aromatic carbocycles. The van der Waals surface area contributed by atoms with E-state index in [0.29, 0.717) is 18.2 Å². The standard InChI is InChI=1S/C9H8F4O3P2S/c10-8(11,17)5-1-4(7(14)15)2-6(3-5)19(16)9(12,13)18/h1-3H,17-18H2,(H,14,15). The zero-order chi connectivity index (χ0) is 15.0. The first-order chi connectivity index (χ1) is 8.43. The Morgan fingerprint density at radius 1 is 1.21 bits per heavy atom. The van der Waals surface area contributed by atoms with Crippen molar-refractivity contribution >= 4 is 35.6 Å². The third-order valence-corrected chi connectivity index (χ3v) is 4.13. The van der Waals surface area contributed by atoms with Crippen LogP contribution in [0.25, 0.3) is 0 Å². The third kappa shape index (κ3) is 4.28. The molecule has 106 valence electrons. The van der Waals surface area contributed by atoms with E-state index in [-0.39, 0.29) is 0 Å². The topological polar surface area (TPSA) is 60.4 Å². The zero-order valence-corrected chi connectivity index (χ0v) is 12.2. The molecular weight excluding hydrogens is 326 g/mol. The fourth-order valence-corrected chi connectivity index (χ4v) is 2.54. The zero-order valence-electron chi connectivity index (χ0n) is 9.07. The fraction of sp³-hybridized carbons (Fsp3) is 0.222. The number of benzene rings is 1. The average molecular weight is 334 g/mol.